The summed E-state index contributed by atoms with van der Waals surface area (Å²) in [6.45, 7) is 1.06. The molecule has 0 radical (unpaired) electrons. The van der Waals surface area contributed by atoms with E-state index in [0.717, 1.165) is 42.8 Å². The molecule has 4 aromatic rings. The van der Waals surface area contributed by atoms with Crippen LogP contribution in [-0.4, -0.2) is 32.5 Å². The number of nitrogens with zero attached hydrogens (tertiary/aromatic N) is 3. The van der Waals surface area contributed by atoms with Gasteiger partial charge in [-0.2, -0.15) is 0 Å². The fraction of sp³-hybridized carbons (Fsp3) is 0.281. The lowest BCUT2D eigenvalue weighted by Gasteiger charge is -2.37. The molecule has 0 bridgehead atoms. The second-order valence-corrected chi connectivity index (χ2v) is 10.8. The quantitative estimate of drug-likeness (QED) is 0.287. The van der Waals surface area contributed by atoms with E-state index in [4.69, 9.17) is 11.6 Å². The summed E-state index contributed by atoms with van der Waals surface area (Å²) in [6.07, 6.45) is 10.5. The number of halogens is 1. The standard InChI is InChI=1S/C32H30ClN3O2/c33-26-13-9-21(10-14-26)16-22-17-25(20-34-19-22)30-8-3-15-36(30)31-7-1-4-23-11-12-24(18-27(23)31)28-5-2-6-29(35-28)32(37)38/h2,5-6,9-14,17-20,30-31H,1,3-4,7-8,15-16H2,(H,37,38)/t30-,31-/m1/s1. The molecule has 1 aliphatic heterocycles. The van der Waals surface area contributed by atoms with Crippen molar-refractivity contribution in [1.29, 1.82) is 0 Å². The van der Waals surface area contributed by atoms with Crippen LogP contribution in [0.3, 0.4) is 0 Å². The third-order valence-electron chi connectivity index (χ3n) is 7.91. The van der Waals surface area contributed by atoms with Crippen LogP contribution in [0.2, 0.25) is 5.02 Å². The average Bonchev–Trinajstić information content (AvgIpc) is 3.44. The van der Waals surface area contributed by atoms with E-state index in [-0.39, 0.29) is 5.69 Å². The Labute approximate surface area is 228 Å². The highest BCUT2D eigenvalue weighted by Crippen LogP contribution is 2.44. The van der Waals surface area contributed by atoms with Crippen molar-refractivity contribution in [3.63, 3.8) is 0 Å². The van der Waals surface area contributed by atoms with E-state index in [0.29, 0.717) is 17.8 Å². The number of pyridine rings is 2. The molecule has 0 unspecified atom stereocenters. The predicted octanol–water partition coefficient (Wildman–Crippen LogP) is 7.30. The maximum Gasteiger partial charge on any atom is 0.354 e. The Balaban J connectivity index is 1.29. The van der Waals surface area contributed by atoms with Crippen molar-refractivity contribution in [2.75, 3.05) is 6.54 Å². The molecule has 2 aliphatic rings. The fourth-order valence-electron chi connectivity index (χ4n) is 6.14. The smallest absolute Gasteiger partial charge is 0.354 e. The highest BCUT2D eigenvalue weighted by molar-refractivity contribution is 6.30. The highest BCUT2D eigenvalue weighted by Gasteiger charge is 2.35. The van der Waals surface area contributed by atoms with Crippen LogP contribution in [0.15, 0.2) is 79.1 Å². The molecule has 5 nitrogen and oxygen atoms in total. The van der Waals surface area contributed by atoms with E-state index < -0.39 is 5.97 Å². The van der Waals surface area contributed by atoms with Gasteiger partial charge in [-0.25, -0.2) is 9.78 Å². The first-order valence-corrected chi connectivity index (χ1v) is 13.7. The van der Waals surface area contributed by atoms with Crippen LogP contribution < -0.4 is 0 Å². The fourth-order valence-corrected chi connectivity index (χ4v) is 6.26. The van der Waals surface area contributed by atoms with Crippen LogP contribution in [0, 0.1) is 0 Å². The van der Waals surface area contributed by atoms with Gasteiger partial charge < -0.3 is 5.11 Å². The van der Waals surface area contributed by atoms with Gasteiger partial charge in [0.2, 0.25) is 0 Å². The van der Waals surface area contributed by atoms with Gasteiger partial charge in [0.15, 0.2) is 0 Å². The van der Waals surface area contributed by atoms with Crippen LogP contribution in [-0.2, 0) is 12.8 Å². The lowest BCUT2D eigenvalue weighted by Crippen LogP contribution is -2.31. The number of fused-ring (bicyclic) bond motifs is 1. The Morgan fingerprint density at radius 2 is 1.79 bits per heavy atom. The number of hydrogen-bond donors (Lipinski definition) is 1. The molecule has 2 aromatic heterocycles. The minimum atomic E-state index is -1.01. The Bertz CT molecular complexity index is 1470. The van der Waals surface area contributed by atoms with Crippen molar-refractivity contribution < 1.29 is 9.90 Å². The second kappa shape index (κ2) is 10.7. The van der Waals surface area contributed by atoms with Crippen molar-refractivity contribution >= 4 is 17.6 Å². The summed E-state index contributed by atoms with van der Waals surface area (Å²) in [6, 6.07) is 22.8. The van der Waals surface area contributed by atoms with Crippen molar-refractivity contribution in [2.24, 2.45) is 0 Å². The third-order valence-corrected chi connectivity index (χ3v) is 8.16. The maximum absolute atomic E-state index is 11.5. The van der Waals surface area contributed by atoms with Gasteiger partial charge in [-0.3, -0.25) is 9.88 Å². The van der Waals surface area contributed by atoms with Gasteiger partial charge in [-0.1, -0.05) is 48.0 Å². The molecule has 6 heteroatoms. The Kier molecular flexibility index (Phi) is 6.96. The number of rotatable bonds is 6. The summed E-state index contributed by atoms with van der Waals surface area (Å²) in [5, 5.41) is 10.2. The summed E-state index contributed by atoms with van der Waals surface area (Å²) in [7, 11) is 0. The Morgan fingerprint density at radius 3 is 2.63 bits per heavy atom. The molecule has 2 atom stereocenters. The summed E-state index contributed by atoms with van der Waals surface area (Å²) in [5.74, 6) is -1.01. The zero-order chi connectivity index (χ0) is 26.1. The minimum Gasteiger partial charge on any atom is -0.477 e. The average molecular weight is 524 g/mol. The van der Waals surface area contributed by atoms with Crippen LogP contribution in [0.25, 0.3) is 11.3 Å². The monoisotopic (exact) mass is 523 g/mol. The van der Waals surface area contributed by atoms with E-state index in [1.165, 1.54) is 46.7 Å². The molecule has 1 N–H and O–H groups in total. The number of carboxylic acid groups (broad SMARTS) is 1. The van der Waals surface area contributed by atoms with Gasteiger partial charge in [0.1, 0.15) is 5.69 Å². The first kappa shape index (κ1) is 24.8. The van der Waals surface area contributed by atoms with Crippen LogP contribution in [0.1, 0.15) is 76.1 Å². The molecule has 1 fully saturated rings. The largest absolute Gasteiger partial charge is 0.477 e. The number of aromatic nitrogens is 2. The van der Waals surface area contributed by atoms with E-state index >= 15 is 0 Å². The summed E-state index contributed by atoms with van der Waals surface area (Å²) >= 11 is 6.07. The van der Waals surface area contributed by atoms with Crippen LogP contribution in [0.4, 0.5) is 0 Å². The van der Waals surface area contributed by atoms with E-state index in [1.807, 2.05) is 30.6 Å². The van der Waals surface area contributed by atoms with Crippen molar-refractivity contribution in [2.45, 2.75) is 50.6 Å². The van der Waals surface area contributed by atoms with Crippen molar-refractivity contribution in [3.8, 4) is 11.3 Å². The SMILES string of the molecule is O=C(O)c1cccc(-c2ccc3c(c2)[C@H](N2CCC[C@@H]2c2cncc(Cc4ccc(Cl)cc4)c2)CCC3)n1. The number of aromatic carboxylic acids is 1. The zero-order valence-corrected chi connectivity index (χ0v) is 21.9. The predicted molar refractivity (Wildman–Crippen MR) is 149 cm³/mol. The van der Waals surface area contributed by atoms with Crippen LogP contribution in [0.5, 0.6) is 0 Å². The highest BCUT2D eigenvalue weighted by atomic mass is 35.5. The van der Waals surface area contributed by atoms with E-state index in [2.05, 4.69) is 51.3 Å². The molecule has 1 saturated heterocycles. The molecule has 192 valence electrons. The van der Waals surface area contributed by atoms with Gasteiger partial charge in [0.25, 0.3) is 0 Å². The molecule has 1 aliphatic carbocycles. The van der Waals surface area contributed by atoms with E-state index in [9.17, 15) is 9.90 Å². The third kappa shape index (κ3) is 5.09. The number of aryl methyl sites for hydroxylation is 1. The number of likely N-dealkylation sites (tertiary alicyclic amines) is 1. The summed E-state index contributed by atoms with van der Waals surface area (Å²) < 4.78 is 0. The molecule has 3 heterocycles. The van der Waals surface area contributed by atoms with Gasteiger partial charge in [-0.05, 0) is 103 Å². The first-order chi connectivity index (χ1) is 18.5. The number of carbonyl (C=O) groups is 1. The number of hydrogen-bond acceptors (Lipinski definition) is 4. The molecule has 38 heavy (non-hydrogen) atoms. The minimum absolute atomic E-state index is 0.0716. The van der Waals surface area contributed by atoms with Gasteiger partial charge >= 0.3 is 5.97 Å². The second-order valence-electron chi connectivity index (χ2n) is 10.4. The summed E-state index contributed by atoms with van der Waals surface area (Å²) in [5.41, 5.74) is 8.22. The number of benzene rings is 2. The van der Waals surface area contributed by atoms with Crippen molar-refractivity contribution in [1.82, 2.24) is 14.9 Å². The summed E-state index contributed by atoms with van der Waals surface area (Å²) in [4.78, 5) is 23.2. The van der Waals surface area contributed by atoms with Gasteiger partial charge in [0.05, 0.1) is 5.69 Å². The van der Waals surface area contributed by atoms with E-state index in [1.54, 1.807) is 6.07 Å². The molecular formula is C32H30ClN3O2. The molecule has 0 amide bonds. The topological polar surface area (TPSA) is 66.3 Å². The zero-order valence-electron chi connectivity index (χ0n) is 21.2. The maximum atomic E-state index is 11.5. The number of carboxylic acids is 1. The molecule has 0 spiro atoms. The van der Waals surface area contributed by atoms with Gasteiger partial charge in [-0.15, -0.1) is 0 Å². The lowest BCUT2D eigenvalue weighted by atomic mass is 9.84. The van der Waals surface area contributed by atoms with Crippen LogP contribution >= 0.6 is 11.6 Å². The van der Waals surface area contributed by atoms with Gasteiger partial charge in [0, 0.05) is 35.1 Å². The Morgan fingerprint density at radius 1 is 0.947 bits per heavy atom. The molecular weight excluding hydrogens is 494 g/mol. The molecule has 2 aromatic carbocycles. The lowest BCUT2D eigenvalue weighted by molar-refractivity contribution is 0.0690. The molecule has 6 rings (SSSR count). The Hall–Kier alpha value is -3.54. The van der Waals surface area contributed by atoms with Crippen molar-refractivity contribution in [3.05, 3.63) is 118 Å². The molecule has 0 saturated carbocycles. The normalized spacial score (nSPS) is 19.3. The first-order valence-electron chi connectivity index (χ1n) is 13.3.